The molecule has 1 aromatic rings. The highest BCUT2D eigenvalue weighted by Gasteiger charge is 2.24. The Kier molecular flexibility index (Phi) is 5.71. The third kappa shape index (κ3) is 5.13. The topological polar surface area (TPSA) is 107 Å². The second-order valence-electron chi connectivity index (χ2n) is 4.72. The molecular weight excluding hydrogens is 276 g/mol. The molecule has 2 amide bonds. The predicted molar refractivity (Wildman–Crippen MR) is 74.9 cm³/mol. The minimum atomic E-state index is -1.45. The second kappa shape index (κ2) is 7.28. The number of amides is 2. The van der Waals surface area contributed by atoms with Crippen LogP contribution in [0.15, 0.2) is 24.3 Å². The Balaban J connectivity index is 2.67. The van der Waals surface area contributed by atoms with Gasteiger partial charge >= 0.3 is 18.0 Å². The summed E-state index contributed by atoms with van der Waals surface area (Å²) >= 11 is 0. The second-order valence-corrected chi connectivity index (χ2v) is 4.72. The smallest absolute Gasteiger partial charge is 0.326 e. The number of carboxylic acids is 2. The molecule has 0 heterocycles. The Bertz CT molecular complexity index is 544. The van der Waals surface area contributed by atoms with Gasteiger partial charge in [0.05, 0.1) is 6.42 Å². The molecule has 1 rings (SSSR count). The van der Waals surface area contributed by atoms with Gasteiger partial charge in [-0.05, 0) is 18.1 Å². The molecule has 0 saturated heterocycles. The number of carboxylic acid groups (broad SMARTS) is 2. The highest BCUT2D eigenvalue weighted by molar-refractivity contribution is 5.86. The molecule has 0 radical (unpaired) electrons. The van der Waals surface area contributed by atoms with Gasteiger partial charge < -0.3 is 20.4 Å². The molecule has 1 atom stereocenters. The summed E-state index contributed by atoms with van der Waals surface area (Å²) in [5, 5.41) is 19.7. The van der Waals surface area contributed by atoms with Gasteiger partial charge in [0.1, 0.15) is 6.04 Å². The van der Waals surface area contributed by atoms with E-state index in [1.54, 1.807) is 0 Å². The third-order valence-corrected chi connectivity index (χ3v) is 2.99. The normalized spacial score (nSPS) is 11.5. The van der Waals surface area contributed by atoms with Gasteiger partial charge in [-0.1, -0.05) is 24.3 Å². The van der Waals surface area contributed by atoms with Crippen LogP contribution in [0.4, 0.5) is 4.79 Å². The molecule has 0 aromatic heterocycles. The van der Waals surface area contributed by atoms with Gasteiger partial charge in [-0.15, -0.1) is 0 Å². The average Bonchev–Trinajstić information content (AvgIpc) is 2.39. The monoisotopic (exact) mass is 294 g/mol. The number of aliphatic carboxylic acids is 2. The maximum atomic E-state index is 11.9. The van der Waals surface area contributed by atoms with E-state index in [2.05, 4.69) is 5.32 Å². The van der Waals surface area contributed by atoms with Crippen molar-refractivity contribution in [3.63, 3.8) is 0 Å². The predicted octanol–water partition coefficient (Wildman–Crippen LogP) is 1.06. The molecule has 0 fully saturated rings. The van der Waals surface area contributed by atoms with Crippen molar-refractivity contribution in [3.8, 4) is 0 Å². The van der Waals surface area contributed by atoms with E-state index >= 15 is 0 Å². The van der Waals surface area contributed by atoms with Gasteiger partial charge in [0.25, 0.3) is 0 Å². The van der Waals surface area contributed by atoms with Crippen LogP contribution in [0.3, 0.4) is 0 Å². The number of carbonyl (C=O) groups excluding carboxylic acids is 1. The first-order valence-corrected chi connectivity index (χ1v) is 6.32. The lowest BCUT2D eigenvalue weighted by molar-refractivity contribution is -0.145. The lowest BCUT2D eigenvalue weighted by Gasteiger charge is -2.21. The Labute approximate surface area is 122 Å². The van der Waals surface area contributed by atoms with E-state index in [1.165, 1.54) is 11.9 Å². The van der Waals surface area contributed by atoms with Crippen LogP contribution in [-0.4, -0.2) is 46.2 Å². The van der Waals surface area contributed by atoms with Crippen molar-refractivity contribution in [1.29, 1.82) is 0 Å². The Hall–Kier alpha value is -2.57. The van der Waals surface area contributed by atoms with Gasteiger partial charge in [-0.25, -0.2) is 9.59 Å². The molecule has 0 aliphatic heterocycles. The lowest BCUT2D eigenvalue weighted by Crippen LogP contribution is -2.47. The van der Waals surface area contributed by atoms with E-state index in [0.717, 1.165) is 11.1 Å². The zero-order valence-corrected chi connectivity index (χ0v) is 11.9. The maximum absolute atomic E-state index is 11.9. The van der Waals surface area contributed by atoms with E-state index in [9.17, 15) is 14.4 Å². The first-order chi connectivity index (χ1) is 9.81. The fourth-order valence-corrected chi connectivity index (χ4v) is 1.75. The third-order valence-electron chi connectivity index (χ3n) is 2.99. The van der Waals surface area contributed by atoms with Gasteiger partial charge in [0.2, 0.25) is 0 Å². The molecule has 7 heteroatoms. The summed E-state index contributed by atoms with van der Waals surface area (Å²) < 4.78 is 0. The van der Waals surface area contributed by atoms with Crippen LogP contribution in [0.2, 0.25) is 0 Å². The van der Waals surface area contributed by atoms with Crippen molar-refractivity contribution in [2.24, 2.45) is 0 Å². The molecule has 0 aliphatic rings. The molecule has 114 valence electrons. The van der Waals surface area contributed by atoms with Gasteiger partial charge in [0, 0.05) is 13.6 Å². The van der Waals surface area contributed by atoms with E-state index in [-0.39, 0.29) is 0 Å². The highest BCUT2D eigenvalue weighted by atomic mass is 16.4. The zero-order valence-electron chi connectivity index (χ0n) is 11.9. The van der Waals surface area contributed by atoms with Crippen LogP contribution in [0.1, 0.15) is 17.5 Å². The SMILES string of the molecule is Cc1ccccc1CN(C)C(=O)N[C@@H](CC(=O)O)C(=O)O. The molecule has 0 aliphatic carbocycles. The van der Waals surface area contributed by atoms with Crippen LogP contribution < -0.4 is 5.32 Å². The highest BCUT2D eigenvalue weighted by Crippen LogP contribution is 2.09. The van der Waals surface area contributed by atoms with Crippen LogP contribution >= 0.6 is 0 Å². The number of urea groups is 1. The number of nitrogens with zero attached hydrogens (tertiary/aromatic N) is 1. The van der Waals surface area contributed by atoms with Crippen molar-refractivity contribution in [2.45, 2.75) is 25.9 Å². The van der Waals surface area contributed by atoms with Crippen molar-refractivity contribution in [3.05, 3.63) is 35.4 Å². The van der Waals surface area contributed by atoms with Gasteiger partial charge in [-0.3, -0.25) is 4.79 Å². The van der Waals surface area contributed by atoms with Crippen molar-refractivity contribution in [1.82, 2.24) is 10.2 Å². The van der Waals surface area contributed by atoms with E-state index in [0.29, 0.717) is 6.54 Å². The molecule has 21 heavy (non-hydrogen) atoms. The zero-order chi connectivity index (χ0) is 16.0. The standard InChI is InChI=1S/C14H18N2O5/c1-9-5-3-4-6-10(9)8-16(2)14(21)15-11(13(19)20)7-12(17)18/h3-6,11H,7-8H2,1-2H3,(H,15,21)(H,17,18)(H,19,20)/t11-/m0/s1. The van der Waals surface area contributed by atoms with Crippen LogP contribution in [0.25, 0.3) is 0 Å². The van der Waals surface area contributed by atoms with E-state index < -0.39 is 30.4 Å². The van der Waals surface area contributed by atoms with Gasteiger partial charge in [0.15, 0.2) is 0 Å². The van der Waals surface area contributed by atoms with E-state index in [4.69, 9.17) is 10.2 Å². The number of benzene rings is 1. The average molecular weight is 294 g/mol. The molecular formula is C14H18N2O5. The Morgan fingerprint density at radius 3 is 2.38 bits per heavy atom. The summed E-state index contributed by atoms with van der Waals surface area (Å²) in [6, 6.07) is 5.42. The largest absolute Gasteiger partial charge is 0.481 e. The quantitative estimate of drug-likeness (QED) is 0.727. The fraction of sp³-hybridized carbons (Fsp3) is 0.357. The van der Waals surface area contributed by atoms with Gasteiger partial charge in [-0.2, -0.15) is 0 Å². The number of hydrogen-bond donors (Lipinski definition) is 3. The molecule has 0 unspecified atom stereocenters. The number of hydrogen-bond acceptors (Lipinski definition) is 3. The van der Waals surface area contributed by atoms with Crippen molar-refractivity contribution in [2.75, 3.05) is 7.05 Å². The Morgan fingerprint density at radius 2 is 1.86 bits per heavy atom. The number of carbonyl (C=O) groups is 3. The molecule has 1 aromatic carbocycles. The van der Waals surface area contributed by atoms with Crippen molar-refractivity contribution < 1.29 is 24.6 Å². The lowest BCUT2D eigenvalue weighted by atomic mass is 10.1. The fourth-order valence-electron chi connectivity index (χ4n) is 1.75. The molecule has 3 N–H and O–H groups in total. The summed E-state index contributed by atoms with van der Waals surface area (Å²) in [6.07, 6.45) is -0.667. The molecule has 7 nitrogen and oxygen atoms in total. The first kappa shape index (κ1) is 16.5. The summed E-state index contributed by atoms with van der Waals surface area (Å²) in [7, 11) is 1.52. The molecule has 0 spiro atoms. The summed E-state index contributed by atoms with van der Waals surface area (Å²) in [6.45, 7) is 2.21. The molecule has 0 saturated carbocycles. The Morgan fingerprint density at radius 1 is 1.24 bits per heavy atom. The minimum Gasteiger partial charge on any atom is -0.481 e. The number of nitrogens with one attached hydrogen (secondary N) is 1. The van der Waals surface area contributed by atoms with Crippen LogP contribution in [-0.2, 0) is 16.1 Å². The van der Waals surface area contributed by atoms with Crippen LogP contribution in [0.5, 0.6) is 0 Å². The molecule has 0 bridgehead atoms. The summed E-state index contributed by atoms with van der Waals surface area (Å²) in [5.41, 5.74) is 1.94. The maximum Gasteiger partial charge on any atom is 0.326 e. The van der Waals surface area contributed by atoms with Crippen molar-refractivity contribution >= 4 is 18.0 Å². The summed E-state index contributed by atoms with van der Waals surface area (Å²) in [5.74, 6) is -2.67. The van der Waals surface area contributed by atoms with Crippen LogP contribution in [0, 0.1) is 6.92 Å². The number of rotatable bonds is 6. The van der Waals surface area contributed by atoms with E-state index in [1.807, 2.05) is 31.2 Å². The number of aryl methyl sites for hydroxylation is 1. The summed E-state index contributed by atoms with van der Waals surface area (Å²) in [4.78, 5) is 34.7. The minimum absolute atomic E-state index is 0.303. The first-order valence-electron chi connectivity index (χ1n) is 6.32.